The molecule has 1 aromatic heterocycles. The van der Waals surface area contributed by atoms with Crippen molar-refractivity contribution in [1.29, 1.82) is 0 Å². The number of likely N-dealkylation sites (tertiary alicyclic amines) is 1. The molecule has 1 aliphatic heterocycles. The van der Waals surface area contributed by atoms with Crippen LogP contribution < -0.4 is 5.32 Å². The maximum atomic E-state index is 5.64. The maximum absolute atomic E-state index is 5.64. The molecule has 1 aromatic rings. The molecule has 1 unspecified atom stereocenters. The third-order valence-electron chi connectivity index (χ3n) is 3.87. The first-order valence-corrected chi connectivity index (χ1v) is 8.98. The van der Waals surface area contributed by atoms with E-state index in [0.717, 1.165) is 45.0 Å². The molecule has 24 heavy (non-hydrogen) atoms. The second-order valence-electron chi connectivity index (χ2n) is 5.76. The van der Waals surface area contributed by atoms with Crippen molar-refractivity contribution in [1.82, 2.24) is 15.2 Å². The van der Waals surface area contributed by atoms with E-state index in [4.69, 9.17) is 9.47 Å². The molecule has 1 saturated heterocycles. The van der Waals surface area contributed by atoms with Crippen LogP contribution in [0.4, 0.5) is 0 Å². The van der Waals surface area contributed by atoms with Crippen molar-refractivity contribution < 1.29 is 9.47 Å². The van der Waals surface area contributed by atoms with Gasteiger partial charge in [-0.2, -0.15) is 0 Å². The minimum Gasteiger partial charge on any atom is -0.382 e. The lowest BCUT2D eigenvalue weighted by atomic mass is 10.1. The molecule has 2 heterocycles. The number of thiazole rings is 1. The molecule has 1 aliphatic rings. The van der Waals surface area contributed by atoms with E-state index < -0.39 is 0 Å². The van der Waals surface area contributed by atoms with Crippen LogP contribution in [0.25, 0.3) is 0 Å². The Morgan fingerprint density at radius 2 is 2.33 bits per heavy atom. The number of aromatic nitrogens is 1. The van der Waals surface area contributed by atoms with Gasteiger partial charge < -0.3 is 19.7 Å². The molecule has 1 atom stereocenters. The lowest BCUT2D eigenvalue weighted by molar-refractivity contribution is 0.0536. The summed E-state index contributed by atoms with van der Waals surface area (Å²) < 4.78 is 10.6. The highest BCUT2D eigenvalue weighted by Gasteiger charge is 2.24. The smallest absolute Gasteiger partial charge is 0.193 e. The topological polar surface area (TPSA) is 59.0 Å². The van der Waals surface area contributed by atoms with Gasteiger partial charge in [0.2, 0.25) is 0 Å². The number of hydrogen-bond acceptors (Lipinski definition) is 5. The molecule has 6 nitrogen and oxygen atoms in total. The largest absolute Gasteiger partial charge is 0.382 e. The standard InChI is InChI=1S/C16H28N4O2S.HI/c1-13-10-19-15(23-13)4-6-18-16(17-2)20-7-5-14(11-20)12-22-9-8-21-3;/h10,14H,4-9,11-12H2,1-3H3,(H,17,18);1H. The summed E-state index contributed by atoms with van der Waals surface area (Å²) in [6.07, 6.45) is 4.03. The van der Waals surface area contributed by atoms with E-state index in [-0.39, 0.29) is 24.0 Å². The van der Waals surface area contributed by atoms with Crippen LogP contribution in [-0.2, 0) is 15.9 Å². The fourth-order valence-corrected chi connectivity index (χ4v) is 3.47. The summed E-state index contributed by atoms with van der Waals surface area (Å²) in [7, 11) is 3.54. The minimum atomic E-state index is 0. The van der Waals surface area contributed by atoms with Crippen LogP contribution >= 0.6 is 35.3 Å². The zero-order valence-corrected chi connectivity index (χ0v) is 17.9. The number of guanidine groups is 1. The highest BCUT2D eigenvalue weighted by molar-refractivity contribution is 14.0. The quantitative estimate of drug-likeness (QED) is 0.274. The van der Waals surface area contributed by atoms with Crippen LogP contribution in [0.3, 0.4) is 0 Å². The summed E-state index contributed by atoms with van der Waals surface area (Å²) in [6.45, 7) is 7.13. The molecule has 0 amide bonds. The van der Waals surface area contributed by atoms with Crippen molar-refractivity contribution in [3.05, 3.63) is 16.1 Å². The van der Waals surface area contributed by atoms with Gasteiger partial charge in [-0.1, -0.05) is 0 Å². The normalized spacial score (nSPS) is 17.9. The lowest BCUT2D eigenvalue weighted by Gasteiger charge is -2.21. The first-order valence-electron chi connectivity index (χ1n) is 8.16. The first-order chi connectivity index (χ1) is 11.2. The summed E-state index contributed by atoms with van der Waals surface area (Å²) in [5.74, 6) is 1.56. The Kier molecular flexibility index (Phi) is 10.8. The molecule has 0 radical (unpaired) electrons. The third kappa shape index (κ3) is 7.20. The van der Waals surface area contributed by atoms with Crippen molar-refractivity contribution in [2.45, 2.75) is 19.8 Å². The van der Waals surface area contributed by atoms with Crippen LogP contribution in [0, 0.1) is 12.8 Å². The van der Waals surface area contributed by atoms with Crippen LogP contribution in [-0.4, -0.2) is 69.5 Å². The average Bonchev–Trinajstić information content (AvgIpc) is 3.17. The van der Waals surface area contributed by atoms with Gasteiger partial charge in [-0.05, 0) is 13.3 Å². The van der Waals surface area contributed by atoms with Crippen molar-refractivity contribution in [2.75, 3.05) is 53.6 Å². The van der Waals surface area contributed by atoms with Gasteiger partial charge in [0.15, 0.2) is 5.96 Å². The second kappa shape index (κ2) is 12.0. The molecule has 0 aliphatic carbocycles. The van der Waals surface area contributed by atoms with Gasteiger partial charge in [0.1, 0.15) is 0 Å². The Balaban J connectivity index is 0.00000288. The second-order valence-corrected chi connectivity index (χ2v) is 7.08. The van der Waals surface area contributed by atoms with E-state index in [9.17, 15) is 0 Å². The number of methoxy groups -OCH3 is 1. The van der Waals surface area contributed by atoms with E-state index in [1.807, 2.05) is 13.2 Å². The molecule has 1 fully saturated rings. The molecule has 138 valence electrons. The SMILES string of the molecule is CN=C(NCCc1ncc(C)s1)N1CCC(COCCOC)C1.I. The molecule has 0 aromatic carbocycles. The number of aliphatic imine (C=N–C) groups is 1. The van der Waals surface area contributed by atoms with E-state index in [0.29, 0.717) is 19.1 Å². The predicted octanol–water partition coefficient (Wildman–Crippen LogP) is 2.17. The highest BCUT2D eigenvalue weighted by atomic mass is 127. The molecule has 8 heteroatoms. The molecular formula is C16H29IN4O2S. The molecule has 1 N–H and O–H groups in total. The Morgan fingerprint density at radius 3 is 3.00 bits per heavy atom. The van der Waals surface area contributed by atoms with Crippen LogP contribution in [0.15, 0.2) is 11.2 Å². The number of ether oxygens (including phenoxy) is 2. The fourth-order valence-electron chi connectivity index (χ4n) is 2.68. The number of nitrogens with one attached hydrogen (secondary N) is 1. The number of hydrogen-bond donors (Lipinski definition) is 1. The van der Waals surface area contributed by atoms with Gasteiger partial charge in [-0.15, -0.1) is 35.3 Å². The molecule has 0 spiro atoms. The van der Waals surface area contributed by atoms with Crippen molar-refractivity contribution in [2.24, 2.45) is 10.9 Å². The van der Waals surface area contributed by atoms with Crippen LogP contribution in [0.1, 0.15) is 16.3 Å². The Bertz CT molecular complexity index is 498. The van der Waals surface area contributed by atoms with Gasteiger partial charge in [-0.25, -0.2) is 4.98 Å². The molecule has 0 saturated carbocycles. The highest BCUT2D eigenvalue weighted by Crippen LogP contribution is 2.16. The summed E-state index contributed by atoms with van der Waals surface area (Å²) >= 11 is 1.76. The first kappa shape index (κ1) is 21.6. The predicted molar refractivity (Wildman–Crippen MR) is 110 cm³/mol. The average molecular weight is 468 g/mol. The van der Waals surface area contributed by atoms with E-state index >= 15 is 0 Å². The zero-order chi connectivity index (χ0) is 16.5. The van der Waals surface area contributed by atoms with E-state index in [1.54, 1.807) is 18.4 Å². The number of nitrogens with zero attached hydrogens (tertiary/aromatic N) is 3. The third-order valence-corrected chi connectivity index (χ3v) is 4.85. The monoisotopic (exact) mass is 468 g/mol. The Labute approximate surface area is 166 Å². The van der Waals surface area contributed by atoms with E-state index in [1.165, 1.54) is 9.88 Å². The number of aryl methyl sites for hydroxylation is 1. The summed E-state index contributed by atoms with van der Waals surface area (Å²) in [6, 6.07) is 0. The fraction of sp³-hybridized carbons (Fsp3) is 0.750. The van der Waals surface area contributed by atoms with E-state index in [2.05, 4.69) is 27.1 Å². The Hall–Kier alpha value is -0.450. The number of rotatable bonds is 8. The van der Waals surface area contributed by atoms with Crippen molar-refractivity contribution in [3.8, 4) is 0 Å². The summed E-state index contributed by atoms with van der Waals surface area (Å²) in [4.78, 5) is 12.4. The Morgan fingerprint density at radius 1 is 1.50 bits per heavy atom. The van der Waals surface area contributed by atoms with Crippen LogP contribution in [0.2, 0.25) is 0 Å². The molecular weight excluding hydrogens is 439 g/mol. The van der Waals surface area contributed by atoms with Gasteiger partial charge in [0.05, 0.1) is 24.8 Å². The summed E-state index contributed by atoms with van der Waals surface area (Å²) in [5.41, 5.74) is 0. The minimum absolute atomic E-state index is 0. The molecule has 2 rings (SSSR count). The summed E-state index contributed by atoms with van der Waals surface area (Å²) in [5, 5.41) is 4.62. The van der Waals surface area contributed by atoms with Gasteiger partial charge in [0, 0.05) is 57.2 Å². The van der Waals surface area contributed by atoms with Gasteiger partial charge in [0.25, 0.3) is 0 Å². The maximum Gasteiger partial charge on any atom is 0.193 e. The van der Waals surface area contributed by atoms with Crippen LogP contribution in [0.5, 0.6) is 0 Å². The number of halogens is 1. The zero-order valence-electron chi connectivity index (χ0n) is 14.8. The lowest BCUT2D eigenvalue weighted by Crippen LogP contribution is -2.41. The van der Waals surface area contributed by atoms with Crippen molar-refractivity contribution >= 4 is 41.3 Å². The van der Waals surface area contributed by atoms with Crippen molar-refractivity contribution in [3.63, 3.8) is 0 Å². The van der Waals surface area contributed by atoms with Gasteiger partial charge in [-0.3, -0.25) is 4.99 Å². The molecule has 0 bridgehead atoms. The van der Waals surface area contributed by atoms with Gasteiger partial charge >= 0.3 is 0 Å².